The van der Waals surface area contributed by atoms with Gasteiger partial charge in [-0.3, -0.25) is 14.7 Å². The zero-order valence-electron chi connectivity index (χ0n) is 9.19. The Morgan fingerprint density at radius 1 is 1.00 bits per heavy atom. The van der Waals surface area contributed by atoms with Crippen molar-refractivity contribution in [3.05, 3.63) is 62.2 Å². The summed E-state index contributed by atoms with van der Waals surface area (Å²) in [4.78, 5) is 22.0. The van der Waals surface area contributed by atoms with E-state index in [0.717, 1.165) is 17.7 Å². The molecule has 0 radical (unpaired) electrons. The van der Waals surface area contributed by atoms with Gasteiger partial charge in [-0.25, -0.2) is 0 Å². The molecule has 0 aliphatic carbocycles. The van der Waals surface area contributed by atoms with E-state index in [4.69, 9.17) is 5.73 Å². The van der Waals surface area contributed by atoms with Gasteiger partial charge in [-0.15, -0.1) is 0 Å². The number of H-pyrrole nitrogens is 2. The van der Waals surface area contributed by atoms with E-state index in [2.05, 4.69) is 10.2 Å². The lowest BCUT2D eigenvalue weighted by Gasteiger charge is -2.02. The van der Waals surface area contributed by atoms with Crippen LogP contribution in [0.1, 0.15) is 11.3 Å². The van der Waals surface area contributed by atoms with Gasteiger partial charge in [0.05, 0.1) is 0 Å². The second kappa shape index (κ2) is 4.69. The summed E-state index contributed by atoms with van der Waals surface area (Å²) in [5, 5.41) is 5.00. The molecule has 2 aromatic rings. The van der Waals surface area contributed by atoms with E-state index in [0.29, 0.717) is 12.1 Å². The zero-order valence-corrected chi connectivity index (χ0v) is 9.19. The maximum Gasteiger partial charge on any atom is 0.310 e. The van der Waals surface area contributed by atoms with Gasteiger partial charge in [0, 0.05) is 17.4 Å². The number of nitrogens with one attached hydrogen (secondary N) is 2. The monoisotopic (exact) mass is 231 g/mol. The number of hydrogen-bond donors (Lipinski definition) is 3. The van der Waals surface area contributed by atoms with Crippen LogP contribution in [0.2, 0.25) is 0 Å². The Labute approximate surface area is 97.3 Å². The molecule has 0 bridgehead atoms. The van der Waals surface area contributed by atoms with Crippen molar-refractivity contribution in [3.63, 3.8) is 0 Å². The predicted octanol–water partition coefficient (Wildman–Crippen LogP) is 0.431. The van der Waals surface area contributed by atoms with Crippen molar-refractivity contribution >= 4 is 5.69 Å². The van der Waals surface area contributed by atoms with Gasteiger partial charge in [0.1, 0.15) is 0 Å². The third-order valence-corrected chi connectivity index (χ3v) is 2.53. The van der Waals surface area contributed by atoms with Crippen molar-refractivity contribution in [2.75, 3.05) is 5.73 Å². The Morgan fingerprint density at radius 2 is 1.71 bits per heavy atom. The lowest BCUT2D eigenvalue weighted by atomic mass is 10.1. The molecule has 0 fully saturated rings. The number of aromatic nitrogens is 2. The molecule has 1 aromatic carbocycles. The maximum atomic E-state index is 11.1. The second-order valence-electron chi connectivity index (χ2n) is 3.85. The van der Waals surface area contributed by atoms with Gasteiger partial charge in [0.25, 0.3) is 0 Å². The number of aryl methyl sites for hydroxylation is 2. The summed E-state index contributed by atoms with van der Waals surface area (Å²) in [7, 11) is 0. The number of rotatable bonds is 3. The quantitative estimate of drug-likeness (QED) is 0.528. The van der Waals surface area contributed by atoms with Crippen LogP contribution in [0.3, 0.4) is 0 Å². The predicted molar refractivity (Wildman–Crippen MR) is 65.9 cm³/mol. The molecule has 0 spiro atoms. The fraction of sp³-hybridized carbons (Fsp3) is 0.167. The summed E-state index contributed by atoms with van der Waals surface area (Å²) in [5.41, 5.74) is 7.01. The summed E-state index contributed by atoms with van der Waals surface area (Å²) in [5.74, 6) is 0. The first kappa shape index (κ1) is 11.2. The molecule has 5 nitrogen and oxygen atoms in total. The van der Waals surface area contributed by atoms with Crippen LogP contribution in [0.5, 0.6) is 0 Å². The van der Waals surface area contributed by atoms with Crippen LogP contribution in [-0.4, -0.2) is 10.2 Å². The summed E-state index contributed by atoms with van der Waals surface area (Å²) < 4.78 is 0. The molecule has 0 aliphatic rings. The highest BCUT2D eigenvalue weighted by Gasteiger charge is 1.99. The van der Waals surface area contributed by atoms with Crippen LogP contribution in [0.4, 0.5) is 5.69 Å². The minimum atomic E-state index is -0.624. The van der Waals surface area contributed by atoms with Crippen LogP contribution in [0.15, 0.2) is 39.9 Å². The molecule has 0 atom stereocenters. The average molecular weight is 231 g/mol. The Hall–Kier alpha value is -2.30. The van der Waals surface area contributed by atoms with Crippen molar-refractivity contribution in [2.45, 2.75) is 12.8 Å². The number of aromatic amines is 2. The largest absolute Gasteiger partial charge is 0.399 e. The molecular weight excluding hydrogens is 218 g/mol. The lowest BCUT2D eigenvalue weighted by Crippen LogP contribution is -2.27. The summed E-state index contributed by atoms with van der Waals surface area (Å²) >= 11 is 0. The molecule has 1 heterocycles. The van der Waals surface area contributed by atoms with Crippen molar-refractivity contribution in [3.8, 4) is 0 Å². The Balaban J connectivity index is 2.07. The van der Waals surface area contributed by atoms with Crippen LogP contribution < -0.4 is 16.7 Å². The highest BCUT2D eigenvalue weighted by atomic mass is 16.2. The molecule has 0 amide bonds. The average Bonchev–Trinajstić information content (AvgIpc) is 2.33. The Morgan fingerprint density at radius 3 is 2.35 bits per heavy atom. The molecule has 2 rings (SSSR count). The number of anilines is 1. The fourth-order valence-corrected chi connectivity index (χ4v) is 1.56. The van der Waals surface area contributed by atoms with Gasteiger partial charge in [-0.05, 0) is 30.5 Å². The Bertz CT molecular complexity index is 611. The lowest BCUT2D eigenvalue weighted by molar-refractivity contribution is 0.838. The first-order valence-corrected chi connectivity index (χ1v) is 5.30. The van der Waals surface area contributed by atoms with Gasteiger partial charge in [-0.1, -0.05) is 12.1 Å². The summed E-state index contributed by atoms with van der Waals surface area (Å²) in [6.45, 7) is 0. The first-order valence-electron chi connectivity index (χ1n) is 5.30. The molecule has 1 aromatic heterocycles. The minimum absolute atomic E-state index is 0.518. The van der Waals surface area contributed by atoms with E-state index in [1.807, 2.05) is 24.3 Å². The smallest absolute Gasteiger partial charge is 0.310 e. The molecule has 0 saturated heterocycles. The van der Waals surface area contributed by atoms with Crippen molar-refractivity contribution < 1.29 is 0 Å². The number of nitrogens with two attached hydrogens (primary N) is 1. The van der Waals surface area contributed by atoms with E-state index < -0.39 is 11.0 Å². The van der Waals surface area contributed by atoms with E-state index in [1.165, 1.54) is 6.07 Å². The van der Waals surface area contributed by atoms with E-state index in [9.17, 15) is 9.59 Å². The second-order valence-corrected chi connectivity index (χ2v) is 3.85. The number of nitrogen functional groups attached to an aromatic ring is 1. The van der Waals surface area contributed by atoms with E-state index >= 15 is 0 Å². The van der Waals surface area contributed by atoms with Crippen LogP contribution >= 0.6 is 0 Å². The highest BCUT2D eigenvalue weighted by molar-refractivity contribution is 5.39. The van der Waals surface area contributed by atoms with Crippen LogP contribution in [0, 0.1) is 0 Å². The number of hydrogen-bond acceptors (Lipinski definition) is 3. The van der Waals surface area contributed by atoms with Gasteiger partial charge < -0.3 is 10.8 Å². The molecule has 4 N–H and O–H groups in total. The molecule has 0 unspecified atom stereocenters. The third-order valence-electron chi connectivity index (χ3n) is 2.53. The molecule has 88 valence electrons. The normalized spacial score (nSPS) is 10.4. The number of benzene rings is 1. The maximum absolute atomic E-state index is 11.1. The molecule has 17 heavy (non-hydrogen) atoms. The molecular formula is C12H13N3O2. The van der Waals surface area contributed by atoms with Crippen molar-refractivity contribution in [2.24, 2.45) is 0 Å². The van der Waals surface area contributed by atoms with E-state index in [1.54, 1.807) is 0 Å². The standard InChI is InChI=1S/C12H13N3O2/c13-9-4-1-8(2-5-9)3-6-10-7-11(16)12(17)15-14-10/h1-2,4-5,7H,3,6,13H2,(H,14,16)(H,15,17). The molecule has 5 heteroatoms. The molecule has 0 saturated carbocycles. The first-order chi connectivity index (χ1) is 8.15. The summed E-state index contributed by atoms with van der Waals surface area (Å²) in [6, 6.07) is 8.89. The fourth-order valence-electron chi connectivity index (χ4n) is 1.56. The topological polar surface area (TPSA) is 91.7 Å². The van der Waals surface area contributed by atoms with Gasteiger partial charge in [-0.2, -0.15) is 0 Å². The summed E-state index contributed by atoms with van der Waals surface area (Å²) in [6.07, 6.45) is 1.44. The highest BCUT2D eigenvalue weighted by Crippen LogP contribution is 2.07. The van der Waals surface area contributed by atoms with Gasteiger partial charge >= 0.3 is 5.56 Å². The van der Waals surface area contributed by atoms with Gasteiger partial charge in [0.15, 0.2) is 0 Å². The minimum Gasteiger partial charge on any atom is -0.399 e. The molecule has 0 aliphatic heterocycles. The SMILES string of the molecule is Nc1ccc(CCc2cc(=O)c(=O)[nH][nH]2)cc1. The van der Waals surface area contributed by atoms with Crippen LogP contribution in [0.25, 0.3) is 0 Å². The van der Waals surface area contributed by atoms with Crippen molar-refractivity contribution in [1.29, 1.82) is 0 Å². The van der Waals surface area contributed by atoms with Gasteiger partial charge in [0.2, 0.25) is 5.43 Å². The van der Waals surface area contributed by atoms with E-state index in [-0.39, 0.29) is 0 Å². The Kier molecular flexibility index (Phi) is 3.09. The van der Waals surface area contributed by atoms with Crippen LogP contribution in [-0.2, 0) is 12.8 Å². The third kappa shape index (κ3) is 2.84. The zero-order chi connectivity index (χ0) is 12.3. The van der Waals surface area contributed by atoms with Crippen molar-refractivity contribution in [1.82, 2.24) is 10.2 Å².